The summed E-state index contributed by atoms with van der Waals surface area (Å²) in [5.41, 5.74) is 3.04. The van der Waals surface area contributed by atoms with E-state index in [0.29, 0.717) is 0 Å². The highest BCUT2D eigenvalue weighted by atomic mass is 35.5. The molecule has 1 aromatic carbocycles. The van der Waals surface area contributed by atoms with Gasteiger partial charge in [-0.2, -0.15) is 0 Å². The molecule has 2 heterocycles. The second-order valence-electron chi connectivity index (χ2n) is 6.08. The Morgan fingerprint density at radius 3 is 2.27 bits per heavy atom. The molecule has 0 aliphatic carbocycles. The van der Waals surface area contributed by atoms with Gasteiger partial charge in [-0.15, -0.1) is 24.8 Å². The zero-order valence-electron chi connectivity index (χ0n) is 14.1. The summed E-state index contributed by atoms with van der Waals surface area (Å²) in [5, 5.41) is 5.36. The van der Waals surface area contributed by atoms with Gasteiger partial charge in [-0.3, -0.25) is 15.1 Å². The Hall–Kier alpha value is -1.76. The van der Waals surface area contributed by atoms with Crippen LogP contribution in [0.5, 0.6) is 0 Å². The van der Waals surface area contributed by atoms with Crippen molar-refractivity contribution < 1.29 is 13.6 Å². The van der Waals surface area contributed by atoms with E-state index >= 15 is 0 Å². The van der Waals surface area contributed by atoms with E-state index < -0.39 is 30.8 Å². The van der Waals surface area contributed by atoms with Crippen molar-refractivity contribution in [1.82, 2.24) is 15.6 Å². The van der Waals surface area contributed by atoms with Crippen LogP contribution in [0, 0.1) is 0 Å². The fraction of sp³-hybridized carbons (Fsp3) is 0.333. The first-order chi connectivity index (χ1) is 11.4. The van der Waals surface area contributed by atoms with Gasteiger partial charge in [-0.05, 0) is 35.7 Å². The van der Waals surface area contributed by atoms with Gasteiger partial charge in [-0.1, -0.05) is 24.3 Å². The lowest BCUT2D eigenvalue weighted by Gasteiger charge is -2.18. The number of amides is 1. The quantitative estimate of drug-likeness (QED) is 0.816. The Kier molecular flexibility index (Phi) is 7.93. The molecule has 1 aliphatic heterocycles. The average Bonchev–Trinajstić information content (AvgIpc) is 2.96. The van der Waals surface area contributed by atoms with E-state index in [1.807, 2.05) is 43.3 Å². The van der Waals surface area contributed by atoms with Crippen LogP contribution in [0.15, 0.2) is 48.8 Å². The molecule has 0 bridgehead atoms. The van der Waals surface area contributed by atoms with Crippen LogP contribution < -0.4 is 10.6 Å². The molecule has 1 aromatic heterocycles. The average molecular weight is 404 g/mol. The molecule has 1 amide bonds. The molecule has 3 rings (SSSR count). The third-order valence-electron chi connectivity index (χ3n) is 4.21. The first-order valence-electron chi connectivity index (χ1n) is 7.86. The topological polar surface area (TPSA) is 54.0 Å². The molecule has 2 unspecified atom stereocenters. The molecular weight excluding hydrogens is 383 g/mol. The molecule has 1 fully saturated rings. The largest absolute Gasteiger partial charge is 0.348 e. The first-order valence-corrected chi connectivity index (χ1v) is 7.86. The Bertz CT molecular complexity index is 714. The lowest BCUT2D eigenvalue weighted by molar-refractivity contribution is -0.124. The van der Waals surface area contributed by atoms with Gasteiger partial charge < -0.3 is 5.32 Å². The van der Waals surface area contributed by atoms with E-state index in [1.54, 1.807) is 12.4 Å². The number of pyridine rings is 1. The summed E-state index contributed by atoms with van der Waals surface area (Å²) in [6, 6.07) is 10.6. The summed E-state index contributed by atoms with van der Waals surface area (Å²) in [7, 11) is 0. The number of hydrogen-bond donors (Lipinski definition) is 2. The second-order valence-corrected chi connectivity index (χ2v) is 6.08. The van der Waals surface area contributed by atoms with Gasteiger partial charge in [0.1, 0.15) is 0 Å². The molecule has 26 heavy (non-hydrogen) atoms. The molecule has 0 spiro atoms. The highest BCUT2D eigenvalue weighted by molar-refractivity contribution is 5.85. The SMILES string of the molecule is CC(NC(=O)C1CC(F)(F)CN1)c1ccc(-c2ccncc2)cc1.Cl.Cl. The van der Waals surface area contributed by atoms with Crippen LogP contribution >= 0.6 is 24.8 Å². The van der Waals surface area contributed by atoms with Crippen LogP contribution in [0.3, 0.4) is 0 Å². The number of hydrogen-bond acceptors (Lipinski definition) is 3. The smallest absolute Gasteiger partial charge is 0.262 e. The first kappa shape index (κ1) is 22.3. The van der Waals surface area contributed by atoms with Crippen LogP contribution in [0.2, 0.25) is 0 Å². The van der Waals surface area contributed by atoms with E-state index in [0.717, 1.165) is 16.7 Å². The van der Waals surface area contributed by atoms with E-state index in [2.05, 4.69) is 15.6 Å². The molecular formula is C18H21Cl2F2N3O. The van der Waals surface area contributed by atoms with Crippen molar-refractivity contribution in [3.8, 4) is 11.1 Å². The highest BCUT2D eigenvalue weighted by Gasteiger charge is 2.42. The van der Waals surface area contributed by atoms with Crippen LogP contribution in [-0.4, -0.2) is 29.4 Å². The highest BCUT2D eigenvalue weighted by Crippen LogP contribution is 2.26. The fourth-order valence-corrected chi connectivity index (χ4v) is 2.81. The lowest BCUT2D eigenvalue weighted by Crippen LogP contribution is -2.41. The number of nitrogens with one attached hydrogen (secondary N) is 2. The summed E-state index contributed by atoms with van der Waals surface area (Å²) >= 11 is 0. The molecule has 4 nitrogen and oxygen atoms in total. The van der Waals surface area contributed by atoms with Crippen LogP contribution in [0.1, 0.15) is 24.9 Å². The second kappa shape index (κ2) is 9.26. The summed E-state index contributed by atoms with van der Waals surface area (Å²) in [6.45, 7) is 1.40. The predicted molar refractivity (Wildman–Crippen MR) is 102 cm³/mol. The molecule has 0 saturated carbocycles. The number of rotatable bonds is 4. The van der Waals surface area contributed by atoms with Crippen molar-refractivity contribution in [2.45, 2.75) is 31.4 Å². The fourth-order valence-electron chi connectivity index (χ4n) is 2.81. The van der Waals surface area contributed by atoms with E-state index in [-0.39, 0.29) is 30.9 Å². The summed E-state index contributed by atoms with van der Waals surface area (Å²) in [4.78, 5) is 16.1. The minimum absolute atomic E-state index is 0. The summed E-state index contributed by atoms with van der Waals surface area (Å²) < 4.78 is 26.3. The van der Waals surface area contributed by atoms with Gasteiger partial charge in [0.05, 0.1) is 18.6 Å². The standard InChI is InChI=1S/C18H19F2N3O.2ClH/c1-12(23-17(24)16-10-18(19,20)11-22-16)13-2-4-14(5-3-13)15-6-8-21-9-7-15;;/h2-9,12,16,22H,10-11H2,1H3,(H,23,24);2*1H. The lowest BCUT2D eigenvalue weighted by atomic mass is 10.0. The molecule has 1 aliphatic rings. The number of aromatic nitrogens is 1. The number of benzene rings is 1. The Morgan fingerprint density at radius 1 is 1.15 bits per heavy atom. The zero-order chi connectivity index (χ0) is 17.2. The van der Waals surface area contributed by atoms with Crippen molar-refractivity contribution >= 4 is 30.7 Å². The number of carbonyl (C=O) groups excluding carboxylic acids is 1. The van der Waals surface area contributed by atoms with Gasteiger partial charge in [-0.25, -0.2) is 8.78 Å². The number of nitrogens with zero attached hydrogens (tertiary/aromatic N) is 1. The molecule has 8 heteroatoms. The Balaban J connectivity index is 0.00000169. The van der Waals surface area contributed by atoms with Gasteiger partial charge in [0.25, 0.3) is 5.92 Å². The van der Waals surface area contributed by atoms with E-state index in [1.165, 1.54) is 0 Å². The minimum atomic E-state index is -2.81. The molecule has 142 valence electrons. The maximum absolute atomic E-state index is 13.2. The minimum Gasteiger partial charge on any atom is -0.348 e. The van der Waals surface area contributed by atoms with Crippen LogP contribution in [0.25, 0.3) is 11.1 Å². The van der Waals surface area contributed by atoms with Crippen molar-refractivity contribution in [2.75, 3.05) is 6.54 Å². The van der Waals surface area contributed by atoms with Crippen molar-refractivity contribution in [2.24, 2.45) is 0 Å². The van der Waals surface area contributed by atoms with Gasteiger partial charge in [0.15, 0.2) is 0 Å². The van der Waals surface area contributed by atoms with Crippen LogP contribution in [-0.2, 0) is 4.79 Å². The molecule has 2 N–H and O–H groups in total. The Labute approximate surface area is 163 Å². The number of halogens is 4. The van der Waals surface area contributed by atoms with Crippen molar-refractivity contribution in [1.29, 1.82) is 0 Å². The maximum Gasteiger partial charge on any atom is 0.262 e. The third kappa shape index (κ3) is 5.37. The Morgan fingerprint density at radius 2 is 1.73 bits per heavy atom. The summed E-state index contributed by atoms with van der Waals surface area (Å²) in [6.07, 6.45) is 3.01. The predicted octanol–water partition coefficient (Wildman–Crippen LogP) is 3.77. The number of alkyl halides is 2. The zero-order valence-corrected chi connectivity index (χ0v) is 15.7. The van der Waals surface area contributed by atoms with Crippen molar-refractivity contribution in [3.63, 3.8) is 0 Å². The van der Waals surface area contributed by atoms with Gasteiger partial charge in [0, 0.05) is 18.8 Å². The molecule has 0 radical (unpaired) electrons. The van der Waals surface area contributed by atoms with Gasteiger partial charge in [0.2, 0.25) is 5.91 Å². The van der Waals surface area contributed by atoms with Crippen LogP contribution in [0.4, 0.5) is 8.78 Å². The maximum atomic E-state index is 13.2. The third-order valence-corrected chi connectivity index (χ3v) is 4.21. The van der Waals surface area contributed by atoms with E-state index in [9.17, 15) is 13.6 Å². The van der Waals surface area contributed by atoms with Gasteiger partial charge >= 0.3 is 0 Å². The molecule has 2 atom stereocenters. The number of carbonyl (C=O) groups is 1. The van der Waals surface area contributed by atoms with E-state index in [4.69, 9.17) is 0 Å². The normalized spacial score (nSPS) is 19.0. The summed E-state index contributed by atoms with van der Waals surface area (Å²) in [5.74, 6) is -3.20. The molecule has 1 saturated heterocycles. The monoisotopic (exact) mass is 403 g/mol. The molecule has 2 aromatic rings. The van der Waals surface area contributed by atoms with Crippen molar-refractivity contribution in [3.05, 3.63) is 54.4 Å².